The van der Waals surface area contributed by atoms with Crippen molar-refractivity contribution in [2.75, 3.05) is 5.75 Å². The Balaban J connectivity index is 2.46. The second kappa shape index (κ2) is 5.20. The molecular weight excluding hydrogens is 286 g/mol. The first-order chi connectivity index (χ1) is 9.35. The number of aromatic hydroxyl groups is 1. The number of phenols is 1. The average molecular weight is 298 g/mol. The molecule has 0 aromatic heterocycles. The molecule has 2 rings (SSSR count). The van der Waals surface area contributed by atoms with Crippen molar-refractivity contribution in [3.8, 4) is 16.9 Å². The predicted molar refractivity (Wildman–Crippen MR) is 71.2 cm³/mol. The molecule has 2 aromatic carbocycles. The van der Waals surface area contributed by atoms with Crippen LogP contribution < -0.4 is 0 Å². The van der Waals surface area contributed by atoms with Crippen molar-refractivity contribution in [1.29, 1.82) is 0 Å². The normalized spacial score (nSPS) is 11.6. The zero-order valence-electron chi connectivity index (χ0n) is 10.6. The molecule has 0 spiro atoms. The third kappa shape index (κ3) is 2.65. The largest absolute Gasteiger partial charge is 0.503 e. The van der Waals surface area contributed by atoms with E-state index in [0.29, 0.717) is 5.56 Å². The molecule has 2 aromatic rings. The van der Waals surface area contributed by atoms with Crippen LogP contribution in [0.15, 0.2) is 41.3 Å². The summed E-state index contributed by atoms with van der Waals surface area (Å²) in [5, 5.41) is 9.03. The Bertz CT molecular complexity index is 715. The second-order valence-corrected chi connectivity index (χ2v) is 6.49. The molecule has 0 heterocycles. The van der Waals surface area contributed by atoms with Gasteiger partial charge in [-0.3, -0.25) is 0 Å². The Morgan fingerprint density at radius 3 is 1.95 bits per heavy atom. The molecule has 0 saturated heterocycles. The third-order valence-corrected chi connectivity index (χ3v) is 4.69. The highest BCUT2D eigenvalue weighted by Crippen LogP contribution is 2.28. The summed E-state index contributed by atoms with van der Waals surface area (Å²) < 4.78 is 49.8. The molecule has 6 heteroatoms. The molecule has 0 aliphatic rings. The molecule has 106 valence electrons. The zero-order valence-corrected chi connectivity index (χ0v) is 11.4. The minimum atomic E-state index is -3.31. The van der Waals surface area contributed by atoms with E-state index < -0.39 is 27.2 Å². The van der Waals surface area contributed by atoms with Gasteiger partial charge < -0.3 is 5.11 Å². The molecule has 0 amide bonds. The van der Waals surface area contributed by atoms with Gasteiger partial charge in [-0.1, -0.05) is 19.1 Å². The number of hydrogen-bond donors (Lipinski definition) is 1. The van der Waals surface area contributed by atoms with E-state index in [1.807, 2.05) is 0 Å². The number of rotatable bonds is 3. The minimum Gasteiger partial charge on any atom is -0.503 e. The molecule has 0 saturated carbocycles. The van der Waals surface area contributed by atoms with Crippen molar-refractivity contribution in [3.63, 3.8) is 0 Å². The van der Waals surface area contributed by atoms with Gasteiger partial charge in [-0.05, 0) is 35.4 Å². The summed E-state index contributed by atoms with van der Waals surface area (Å²) in [5.41, 5.74) is 0.677. The summed E-state index contributed by atoms with van der Waals surface area (Å²) in [7, 11) is -3.31. The smallest absolute Gasteiger partial charge is 0.187 e. The Hall–Kier alpha value is -1.95. The van der Waals surface area contributed by atoms with Crippen molar-refractivity contribution < 1.29 is 22.3 Å². The lowest BCUT2D eigenvalue weighted by Gasteiger charge is -2.06. The van der Waals surface area contributed by atoms with Crippen LogP contribution in [0.4, 0.5) is 8.78 Å². The highest BCUT2D eigenvalue weighted by atomic mass is 32.2. The first-order valence-corrected chi connectivity index (χ1v) is 7.51. The van der Waals surface area contributed by atoms with Gasteiger partial charge in [-0.15, -0.1) is 0 Å². The minimum absolute atomic E-state index is 0.0190. The first kappa shape index (κ1) is 14.5. The average Bonchev–Trinajstić information content (AvgIpc) is 2.44. The van der Waals surface area contributed by atoms with E-state index in [0.717, 1.165) is 12.1 Å². The van der Waals surface area contributed by atoms with Crippen molar-refractivity contribution in [2.24, 2.45) is 0 Å². The number of hydrogen-bond acceptors (Lipinski definition) is 3. The van der Waals surface area contributed by atoms with Gasteiger partial charge in [-0.2, -0.15) is 0 Å². The van der Waals surface area contributed by atoms with Gasteiger partial charge in [0.1, 0.15) is 0 Å². The lowest BCUT2D eigenvalue weighted by Crippen LogP contribution is -2.03. The van der Waals surface area contributed by atoms with Gasteiger partial charge in [-0.25, -0.2) is 17.2 Å². The van der Waals surface area contributed by atoms with Crippen LogP contribution in [-0.4, -0.2) is 19.3 Å². The van der Waals surface area contributed by atoms with Crippen molar-refractivity contribution in [3.05, 3.63) is 48.0 Å². The second-order valence-electron chi connectivity index (χ2n) is 4.22. The standard InChI is InChI=1S/C14H12F2O3S/c1-2-20(18,19)11-5-3-9(4-6-11)10-7-12(15)14(17)13(16)8-10/h3-8,17H,2H2,1H3. The maximum atomic E-state index is 13.3. The molecule has 0 atom stereocenters. The fourth-order valence-corrected chi connectivity index (χ4v) is 2.64. The lowest BCUT2D eigenvalue weighted by molar-refractivity contribution is 0.396. The van der Waals surface area contributed by atoms with Crippen LogP contribution in [0.5, 0.6) is 5.75 Å². The summed E-state index contributed by atoms with van der Waals surface area (Å²) in [6, 6.07) is 7.68. The van der Waals surface area contributed by atoms with Crippen molar-refractivity contribution in [1.82, 2.24) is 0 Å². The number of sulfone groups is 1. The van der Waals surface area contributed by atoms with Crippen molar-refractivity contribution >= 4 is 9.84 Å². The van der Waals surface area contributed by atoms with Gasteiger partial charge in [0.25, 0.3) is 0 Å². The Labute approximate surface area is 115 Å². The number of benzene rings is 2. The SMILES string of the molecule is CCS(=O)(=O)c1ccc(-c2cc(F)c(O)c(F)c2)cc1. The van der Waals surface area contributed by atoms with Gasteiger partial charge in [0.05, 0.1) is 10.6 Å². The molecule has 0 unspecified atom stereocenters. The molecule has 0 radical (unpaired) electrons. The van der Waals surface area contributed by atoms with Gasteiger partial charge in [0.2, 0.25) is 0 Å². The van der Waals surface area contributed by atoms with Crippen LogP contribution in [0, 0.1) is 11.6 Å². The fourth-order valence-electron chi connectivity index (χ4n) is 1.75. The molecule has 1 N–H and O–H groups in total. The van der Waals surface area contributed by atoms with Crippen LogP contribution in [0.3, 0.4) is 0 Å². The Kier molecular flexibility index (Phi) is 3.76. The quantitative estimate of drug-likeness (QED) is 0.947. The summed E-state index contributed by atoms with van der Waals surface area (Å²) in [4.78, 5) is 0.156. The number of phenolic OH excluding ortho intramolecular Hbond substituents is 1. The van der Waals surface area contributed by atoms with E-state index in [-0.39, 0.29) is 16.2 Å². The molecule has 20 heavy (non-hydrogen) atoms. The van der Waals surface area contributed by atoms with Crippen LogP contribution in [0.25, 0.3) is 11.1 Å². The lowest BCUT2D eigenvalue weighted by atomic mass is 10.1. The van der Waals surface area contributed by atoms with Gasteiger partial charge >= 0.3 is 0 Å². The van der Waals surface area contributed by atoms with E-state index in [1.54, 1.807) is 0 Å². The Morgan fingerprint density at radius 1 is 1.00 bits per heavy atom. The van der Waals surface area contributed by atoms with Gasteiger partial charge in [0, 0.05) is 0 Å². The predicted octanol–water partition coefficient (Wildman–Crippen LogP) is 3.13. The maximum absolute atomic E-state index is 13.3. The van der Waals surface area contributed by atoms with E-state index in [1.165, 1.54) is 31.2 Å². The summed E-state index contributed by atoms with van der Waals surface area (Å²) in [6.07, 6.45) is 0. The summed E-state index contributed by atoms with van der Waals surface area (Å²) >= 11 is 0. The summed E-state index contributed by atoms with van der Waals surface area (Å²) in [6.45, 7) is 1.54. The van der Waals surface area contributed by atoms with Crippen LogP contribution in [0.1, 0.15) is 6.92 Å². The van der Waals surface area contributed by atoms with Gasteiger partial charge in [0.15, 0.2) is 27.2 Å². The zero-order chi connectivity index (χ0) is 14.9. The fraction of sp³-hybridized carbons (Fsp3) is 0.143. The molecular formula is C14H12F2O3S. The van der Waals surface area contributed by atoms with Crippen molar-refractivity contribution in [2.45, 2.75) is 11.8 Å². The monoisotopic (exact) mass is 298 g/mol. The van der Waals surface area contributed by atoms with Crippen LogP contribution in [-0.2, 0) is 9.84 Å². The van der Waals surface area contributed by atoms with E-state index >= 15 is 0 Å². The topological polar surface area (TPSA) is 54.4 Å². The molecule has 0 aliphatic heterocycles. The van der Waals surface area contributed by atoms with E-state index in [2.05, 4.69) is 0 Å². The molecule has 0 bridgehead atoms. The Morgan fingerprint density at radius 2 is 1.50 bits per heavy atom. The third-order valence-electron chi connectivity index (χ3n) is 2.94. The highest BCUT2D eigenvalue weighted by Gasteiger charge is 2.13. The highest BCUT2D eigenvalue weighted by molar-refractivity contribution is 7.91. The molecule has 0 aliphatic carbocycles. The summed E-state index contributed by atoms with van der Waals surface area (Å²) in [5.74, 6) is -3.18. The van der Waals surface area contributed by atoms with E-state index in [4.69, 9.17) is 5.11 Å². The van der Waals surface area contributed by atoms with E-state index in [9.17, 15) is 17.2 Å². The molecule has 3 nitrogen and oxygen atoms in total. The maximum Gasteiger partial charge on any atom is 0.187 e. The van der Waals surface area contributed by atoms with Crippen LogP contribution in [0.2, 0.25) is 0 Å². The first-order valence-electron chi connectivity index (χ1n) is 5.86. The molecule has 0 fully saturated rings. The van der Waals surface area contributed by atoms with Crippen LogP contribution >= 0.6 is 0 Å². The number of halogens is 2.